The SMILES string of the molecule is CCn1ncc(OC)c1C(NN)c1ccc(C)c(F)c1. The summed E-state index contributed by atoms with van der Waals surface area (Å²) < 4.78 is 20.9. The Morgan fingerprint density at radius 3 is 2.80 bits per heavy atom. The van der Waals surface area contributed by atoms with Gasteiger partial charge in [0.1, 0.15) is 11.5 Å². The predicted molar refractivity (Wildman–Crippen MR) is 74.8 cm³/mol. The number of halogens is 1. The molecule has 20 heavy (non-hydrogen) atoms. The number of nitrogens with two attached hydrogens (primary N) is 1. The molecule has 1 aromatic heterocycles. The largest absolute Gasteiger partial charge is 0.493 e. The minimum Gasteiger partial charge on any atom is -0.493 e. The fraction of sp³-hybridized carbons (Fsp3) is 0.357. The number of rotatable bonds is 5. The van der Waals surface area contributed by atoms with E-state index >= 15 is 0 Å². The van der Waals surface area contributed by atoms with Gasteiger partial charge in [-0.3, -0.25) is 10.5 Å². The van der Waals surface area contributed by atoms with Gasteiger partial charge in [0, 0.05) is 6.54 Å². The normalized spacial score (nSPS) is 12.4. The second kappa shape index (κ2) is 6.02. The topological polar surface area (TPSA) is 65.1 Å². The van der Waals surface area contributed by atoms with Crippen molar-refractivity contribution in [2.45, 2.75) is 26.4 Å². The number of benzene rings is 1. The van der Waals surface area contributed by atoms with Crippen LogP contribution < -0.4 is 16.0 Å². The lowest BCUT2D eigenvalue weighted by Gasteiger charge is -2.19. The fourth-order valence-corrected chi connectivity index (χ4v) is 2.20. The first-order valence-corrected chi connectivity index (χ1v) is 6.44. The molecule has 1 heterocycles. The highest BCUT2D eigenvalue weighted by Crippen LogP contribution is 2.30. The van der Waals surface area contributed by atoms with Crippen LogP contribution in [-0.2, 0) is 6.54 Å². The molecule has 5 nitrogen and oxygen atoms in total. The molecule has 108 valence electrons. The van der Waals surface area contributed by atoms with Crippen molar-refractivity contribution in [1.29, 1.82) is 0 Å². The summed E-state index contributed by atoms with van der Waals surface area (Å²) >= 11 is 0. The molecular formula is C14H19FN4O. The molecule has 1 atom stereocenters. The zero-order valence-electron chi connectivity index (χ0n) is 11.9. The molecule has 6 heteroatoms. The first kappa shape index (κ1) is 14.5. The molecular weight excluding hydrogens is 259 g/mol. The maximum absolute atomic E-state index is 13.8. The maximum atomic E-state index is 13.8. The zero-order chi connectivity index (χ0) is 14.7. The van der Waals surface area contributed by atoms with Gasteiger partial charge in [-0.15, -0.1) is 0 Å². The Balaban J connectivity index is 2.51. The number of hydrazine groups is 1. The maximum Gasteiger partial charge on any atom is 0.161 e. The molecule has 0 bridgehead atoms. The van der Waals surface area contributed by atoms with Gasteiger partial charge in [-0.1, -0.05) is 12.1 Å². The van der Waals surface area contributed by atoms with Gasteiger partial charge in [0.05, 0.1) is 19.3 Å². The summed E-state index contributed by atoms with van der Waals surface area (Å²) in [5.41, 5.74) is 4.81. The molecule has 0 aliphatic carbocycles. The molecule has 0 radical (unpaired) electrons. The van der Waals surface area contributed by atoms with Crippen LogP contribution in [0.2, 0.25) is 0 Å². The minimum atomic E-state index is -0.387. The predicted octanol–water partition coefficient (Wildman–Crippen LogP) is 1.91. The van der Waals surface area contributed by atoms with Crippen molar-refractivity contribution in [3.8, 4) is 5.75 Å². The van der Waals surface area contributed by atoms with E-state index in [-0.39, 0.29) is 11.9 Å². The average Bonchev–Trinajstić information content (AvgIpc) is 2.86. The lowest BCUT2D eigenvalue weighted by molar-refractivity contribution is 0.399. The summed E-state index contributed by atoms with van der Waals surface area (Å²) in [5, 5.41) is 4.24. The average molecular weight is 278 g/mol. The van der Waals surface area contributed by atoms with E-state index < -0.39 is 0 Å². The molecule has 0 saturated heterocycles. The molecule has 0 aliphatic rings. The van der Waals surface area contributed by atoms with E-state index in [4.69, 9.17) is 10.6 Å². The number of hydrogen-bond donors (Lipinski definition) is 2. The monoisotopic (exact) mass is 278 g/mol. The second-order valence-corrected chi connectivity index (χ2v) is 4.52. The van der Waals surface area contributed by atoms with E-state index in [0.717, 1.165) is 11.3 Å². The van der Waals surface area contributed by atoms with Gasteiger partial charge >= 0.3 is 0 Å². The third-order valence-electron chi connectivity index (χ3n) is 3.33. The van der Waals surface area contributed by atoms with E-state index in [1.54, 1.807) is 31.0 Å². The van der Waals surface area contributed by atoms with Crippen LogP contribution >= 0.6 is 0 Å². The van der Waals surface area contributed by atoms with Crippen molar-refractivity contribution in [2.24, 2.45) is 5.84 Å². The van der Waals surface area contributed by atoms with Crippen LogP contribution in [0, 0.1) is 12.7 Å². The highest BCUT2D eigenvalue weighted by Gasteiger charge is 2.22. The van der Waals surface area contributed by atoms with E-state index in [9.17, 15) is 4.39 Å². The molecule has 0 fully saturated rings. The molecule has 3 N–H and O–H groups in total. The number of aromatic nitrogens is 2. The Morgan fingerprint density at radius 2 is 2.25 bits per heavy atom. The zero-order valence-corrected chi connectivity index (χ0v) is 11.9. The van der Waals surface area contributed by atoms with Crippen molar-refractivity contribution in [3.05, 3.63) is 47.0 Å². The van der Waals surface area contributed by atoms with Crippen LogP contribution in [0.1, 0.15) is 29.8 Å². The number of nitrogens with zero attached hydrogens (tertiary/aromatic N) is 2. The summed E-state index contributed by atoms with van der Waals surface area (Å²) in [6.07, 6.45) is 1.63. The molecule has 0 amide bonds. The number of hydrogen-bond acceptors (Lipinski definition) is 4. The van der Waals surface area contributed by atoms with Crippen molar-refractivity contribution < 1.29 is 9.13 Å². The molecule has 1 aromatic carbocycles. The lowest BCUT2D eigenvalue weighted by atomic mass is 10.0. The van der Waals surface area contributed by atoms with Crippen molar-refractivity contribution in [3.63, 3.8) is 0 Å². The smallest absolute Gasteiger partial charge is 0.161 e. The fourth-order valence-electron chi connectivity index (χ4n) is 2.20. The molecule has 2 aromatic rings. The van der Waals surface area contributed by atoms with E-state index in [1.807, 2.05) is 13.0 Å². The van der Waals surface area contributed by atoms with E-state index in [0.29, 0.717) is 17.9 Å². The van der Waals surface area contributed by atoms with Crippen molar-refractivity contribution >= 4 is 0 Å². The first-order valence-electron chi connectivity index (χ1n) is 6.44. The summed E-state index contributed by atoms with van der Waals surface area (Å²) in [6, 6.07) is 4.66. The van der Waals surface area contributed by atoms with Gasteiger partial charge in [0.25, 0.3) is 0 Å². The summed E-state index contributed by atoms with van der Waals surface area (Å²) in [7, 11) is 1.57. The van der Waals surface area contributed by atoms with Crippen LogP contribution in [0.4, 0.5) is 4.39 Å². The highest BCUT2D eigenvalue weighted by atomic mass is 19.1. The van der Waals surface area contributed by atoms with Crippen LogP contribution in [0.3, 0.4) is 0 Å². The Bertz CT molecular complexity index is 575. The second-order valence-electron chi connectivity index (χ2n) is 4.52. The van der Waals surface area contributed by atoms with E-state index in [2.05, 4.69) is 10.5 Å². The van der Waals surface area contributed by atoms with Gasteiger partial charge in [-0.2, -0.15) is 5.10 Å². The van der Waals surface area contributed by atoms with Crippen LogP contribution in [-0.4, -0.2) is 16.9 Å². The number of aryl methyl sites for hydroxylation is 2. The van der Waals surface area contributed by atoms with Gasteiger partial charge in [-0.05, 0) is 31.0 Å². The summed E-state index contributed by atoms with van der Waals surface area (Å²) in [5.74, 6) is 6.02. The van der Waals surface area contributed by atoms with Gasteiger partial charge < -0.3 is 4.74 Å². The Morgan fingerprint density at radius 1 is 1.50 bits per heavy atom. The number of nitrogens with one attached hydrogen (secondary N) is 1. The van der Waals surface area contributed by atoms with Crippen LogP contribution in [0.5, 0.6) is 5.75 Å². The molecule has 1 unspecified atom stereocenters. The van der Waals surface area contributed by atoms with Crippen LogP contribution in [0.15, 0.2) is 24.4 Å². The van der Waals surface area contributed by atoms with E-state index in [1.165, 1.54) is 6.07 Å². The summed E-state index contributed by atoms with van der Waals surface area (Å²) in [4.78, 5) is 0. The molecule has 2 rings (SSSR count). The number of ether oxygens (including phenoxy) is 1. The quantitative estimate of drug-likeness (QED) is 0.648. The Hall–Kier alpha value is -1.92. The highest BCUT2D eigenvalue weighted by molar-refractivity contribution is 5.37. The third kappa shape index (κ3) is 2.52. The van der Waals surface area contributed by atoms with Gasteiger partial charge in [0.2, 0.25) is 0 Å². The first-order chi connectivity index (χ1) is 9.62. The lowest BCUT2D eigenvalue weighted by Crippen LogP contribution is -2.31. The van der Waals surface area contributed by atoms with Gasteiger partial charge in [0.15, 0.2) is 5.75 Å². The van der Waals surface area contributed by atoms with Gasteiger partial charge in [-0.25, -0.2) is 9.82 Å². The summed E-state index contributed by atoms with van der Waals surface area (Å²) in [6.45, 7) is 4.37. The molecule has 0 aliphatic heterocycles. The Kier molecular flexibility index (Phi) is 4.36. The molecule has 0 saturated carbocycles. The van der Waals surface area contributed by atoms with Crippen molar-refractivity contribution in [1.82, 2.24) is 15.2 Å². The van der Waals surface area contributed by atoms with Crippen molar-refractivity contribution in [2.75, 3.05) is 7.11 Å². The Labute approximate surface area is 117 Å². The number of methoxy groups -OCH3 is 1. The van der Waals surface area contributed by atoms with Crippen LogP contribution in [0.25, 0.3) is 0 Å². The minimum absolute atomic E-state index is 0.260. The third-order valence-corrected chi connectivity index (χ3v) is 3.33. The standard InChI is InChI=1S/C14H19FN4O/c1-4-19-14(12(20-3)8-17-19)13(18-16)10-6-5-9(2)11(15)7-10/h5-8,13,18H,4,16H2,1-3H3. The molecule has 0 spiro atoms.